The van der Waals surface area contributed by atoms with E-state index in [2.05, 4.69) is 21.0 Å². The van der Waals surface area contributed by atoms with E-state index in [-0.39, 0.29) is 0 Å². The van der Waals surface area contributed by atoms with Crippen molar-refractivity contribution in [1.82, 2.24) is 9.78 Å². The normalized spacial score (nSPS) is 10.7. The van der Waals surface area contributed by atoms with Gasteiger partial charge in [-0.3, -0.25) is 4.68 Å². The van der Waals surface area contributed by atoms with Gasteiger partial charge in [-0.2, -0.15) is 5.10 Å². The Morgan fingerprint density at radius 2 is 1.59 bits per heavy atom. The number of rotatable bonds is 4. The van der Waals surface area contributed by atoms with Gasteiger partial charge in [0.2, 0.25) is 0 Å². The molecule has 0 unspecified atom stereocenters. The second-order valence-electron chi connectivity index (χ2n) is 6.48. The number of aromatic nitrogens is 2. The van der Waals surface area contributed by atoms with Crippen LogP contribution in [0.4, 0.5) is 5.82 Å². The van der Waals surface area contributed by atoms with Gasteiger partial charge in [-0.25, -0.2) is 9.79 Å². The molecule has 0 amide bonds. The lowest BCUT2D eigenvalue weighted by atomic mass is 10.0. The average molecular weight is 448 g/mol. The highest BCUT2D eigenvalue weighted by Gasteiger charge is 2.19. The lowest BCUT2D eigenvalue weighted by molar-refractivity contribution is 0.0602. The SMILES string of the molecule is COC(=O)c1cc(Br)cc2c(N=C(c3ccccc3)c3ccccc3)nn(C)c12. The van der Waals surface area contributed by atoms with Crippen LogP contribution in [0.25, 0.3) is 10.9 Å². The smallest absolute Gasteiger partial charge is 0.340 e. The maximum atomic E-state index is 12.3. The van der Waals surface area contributed by atoms with Crippen LogP contribution in [0.3, 0.4) is 0 Å². The summed E-state index contributed by atoms with van der Waals surface area (Å²) in [6.45, 7) is 0. The van der Waals surface area contributed by atoms with Crippen molar-refractivity contribution in [2.24, 2.45) is 12.0 Å². The molecule has 0 atom stereocenters. The van der Waals surface area contributed by atoms with Crippen molar-refractivity contribution in [1.29, 1.82) is 0 Å². The van der Waals surface area contributed by atoms with Crippen LogP contribution >= 0.6 is 15.9 Å². The van der Waals surface area contributed by atoms with Gasteiger partial charge < -0.3 is 4.74 Å². The molecule has 4 aromatic rings. The molecule has 0 saturated heterocycles. The summed E-state index contributed by atoms with van der Waals surface area (Å²) in [5.41, 5.74) is 3.90. The molecular formula is C23H18BrN3O2. The quantitative estimate of drug-likeness (QED) is 0.315. The van der Waals surface area contributed by atoms with Gasteiger partial charge in [0.1, 0.15) is 0 Å². The second-order valence-corrected chi connectivity index (χ2v) is 7.40. The van der Waals surface area contributed by atoms with Crippen LogP contribution in [0.15, 0.2) is 82.3 Å². The molecule has 0 bridgehead atoms. The molecule has 1 aromatic heterocycles. The highest BCUT2D eigenvalue weighted by Crippen LogP contribution is 2.32. The van der Waals surface area contributed by atoms with Crippen molar-refractivity contribution in [2.75, 3.05) is 7.11 Å². The van der Waals surface area contributed by atoms with Gasteiger partial charge in [-0.15, -0.1) is 0 Å². The van der Waals surface area contributed by atoms with E-state index in [4.69, 9.17) is 9.73 Å². The summed E-state index contributed by atoms with van der Waals surface area (Å²) in [5, 5.41) is 5.37. The number of hydrogen-bond donors (Lipinski definition) is 0. The Hall–Kier alpha value is -3.25. The fourth-order valence-electron chi connectivity index (χ4n) is 3.31. The Labute approximate surface area is 176 Å². The van der Waals surface area contributed by atoms with Gasteiger partial charge in [0.15, 0.2) is 5.82 Å². The molecule has 0 fully saturated rings. The summed E-state index contributed by atoms with van der Waals surface area (Å²) in [5.74, 6) is 0.123. The first kappa shape index (κ1) is 19.1. The van der Waals surface area contributed by atoms with E-state index in [9.17, 15) is 4.79 Å². The van der Waals surface area contributed by atoms with Crippen molar-refractivity contribution >= 4 is 44.3 Å². The van der Waals surface area contributed by atoms with Crippen LogP contribution in [-0.4, -0.2) is 28.6 Å². The number of aliphatic imine (C=N–C) groups is 1. The Kier molecular flexibility index (Phi) is 5.27. The zero-order valence-corrected chi connectivity index (χ0v) is 17.6. The van der Waals surface area contributed by atoms with Crippen molar-refractivity contribution in [2.45, 2.75) is 0 Å². The molecule has 6 heteroatoms. The molecule has 4 rings (SSSR count). The number of methoxy groups -OCH3 is 1. The molecule has 0 aliphatic heterocycles. The summed E-state index contributed by atoms with van der Waals surface area (Å²) in [6, 6.07) is 23.6. The largest absolute Gasteiger partial charge is 0.465 e. The van der Waals surface area contributed by atoms with Gasteiger partial charge in [-0.05, 0) is 12.1 Å². The fraction of sp³-hybridized carbons (Fsp3) is 0.0870. The summed E-state index contributed by atoms with van der Waals surface area (Å²) >= 11 is 3.49. The standard InChI is InChI=1S/C23H18BrN3O2/c1-27-21-18(13-17(24)14-19(21)23(28)29-2)22(26-27)25-20(15-9-5-3-6-10-15)16-11-7-4-8-12-16/h3-14H,1-2H3. The van der Waals surface area contributed by atoms with E-state index in [0.717, 1.165) is 26.7 Å². The summed E-state index contributed by atoms with van der Waals surface area (Å²) in [7, 11) is 3.17. The van der Waals surface area contributed by atoms with Crippen molar-refractivity contribution < 1.29 is 9.53 Å². The van der Waals surface area contributed by atoms with Crippen LogP contribution in [0, 0.1) is 0 Å². The van der Waals surface area contributed by atoms with Crippen LogP contribution in [0.2, 0.25) is 0 Å². The first-order valence-electron chi connectivity index (χ1n) is 9.02. The molecule has 0 aliphatic rings. The Morgan fingerprint density at radius 1 is 1.00 bits per heavy atom. The van der Waals surface area contributed by atoms with Crippen molar-refractivity contribution in [3.63, 3.8) is 0 Å². The van der Waals surface area contributed by atoms with Crippen LogP contribution in [0.1, 0.15) is 21.5 Å². The van der Waals surface area contributed by atoms with Gasteiger partial charge in [0.25, 0.3) is 0 Å². The number of ether oxygens (including phenoxy) is 1. The Balaban J connectivity index is 1.98. The monoisotopic (exact) mass is 447 g/mol. The lowest BCUT2D eigenvalue weighted by Crippen LogP contribution is -2.04. The first-order valence-corrected chi connectivity index (χ1v) is 9.82. The summed E-state index contributed by atoms with van der Waals surface area (Å²) < 4.78 is 7.37. The third-order valence-electron chi connectivity index (χ3n) is 4.60. The number of carbonyl (C=O) groups excluding carboxylic acids is 1. The number of benzene rings is 3. The minimum Gasteiger partial charge on any atom is -0.465 e. The van der Waals surface area contributed by atoms with Crippen molar-refractivity contribution in [3.8, 4) is 0 Å². The predicted octanol–water partition coefficient (Wildman–Crippen LogP) is 5.29. The van der Waals surface area contributed by atoms with Crippen LogP contribution < -0.4 is 0 Å². The molecule has 0 N–H and O–H groups in total. The second kappa shape index (κ2) is 8.01. The third kappa shape index (κ3) is 3.71. The summed E-state index contributed by atoms with van der Waals surface area (Å²) in [4.78, 5) is 17.2. The van der Waals surface area contributed by atoms with Crippen LogP contribution in [-0.2, 0) is 11.8 Å². The maximum absolute atomic E-state index is 12.3. The topological polar surface area (TPSA) is 56.5 Å². The minimum absolute atomic E-state index is 0.416. The van der Waals surface area contributed by atoms with Crippen molar-refractivity contribution in [3.05, 3.63) is 94.0 Å². The molecule has 0 aliphatic carbocycles. The molecule has 0 saturated carbocycles. The van der Waals surface area contributed by atoms with Gasteiger partial charge in [-0.1, -0.05) is 76.6 Å². The zero-order valence-electron chi connectivity index (χ0n) is 16.0. The fourth-order valence-corrected chi connectivity index (χ4v) is 3.76. The predicted molar refractivity (Wildman–Crippen MR) is 118 cm³/mol. The molecule has 0 spiro atoms. The van der Waals surface area contributed by atoms with Crippen LogP contribution in [0.5, 0.6) is 0 Å². The number of nitrogens with zero attached hydrogens (tertiary/aromatic N) is 3. The van der Waals surface area contributed by atoms with E-state index in [1.807, 2.05) is 66.7 Å². The minimum atomic E-state index is -0.416. The first-order chi connectivity index (χ1) is 14.1. The van der Waals surface area contributed by atoms with E-state index in [1.165, 1.54) is 7.11 Å². The number of halogens is 1. The lowest BCUT2D eigenvalue weighted by Gasteiger charge is -2.07. The molecule has 29 heavy (non-hydrogen) atoms. The molecule has 5 nitrogen and oxygen atoms in total. The highest BCUT2D eigenvalue weighted by molar-refractivity contribution is 9.10. The van der Waals surface area contributed by atoms with Gasteiger partial charge >= 0.3 is 5.97 Å². The number of aryl methyl sites for hydroxylation is 1. The number of hydrogen-bond acceptors (Lipinski definition) is 4. The third-order valence-corrected chi connectivity index (χ3v) is 5.06. The highest BCUT2D eigenvalue weighted by atomic mass is 79.9. The summed E-state index contributed by atoms with van der Waals surface area (Å²) in [6.07, 6.45) is 0. The Bertz CT molecular complexity index is 1170. The molecule has 3 aromatic carbocycles. The number of carbonyl (C=O) groups is 1. The molecular weight excluding hydrogens is 430 g/mol. The Morgan fingerprint density at radius 3 is 2.14 bits per heavy atom. The average Bonchev–Trinajstić information content (AvgIpc) is 3.07. The van der Waals surface area contributed by atoms with E-state index in [1.54, 1.807) is 17.8 Å². The molecule has 144 valence electrons. The van der Waals surface area contributed by atoms with E-state index < -0.39 is 5.97 Å². The molecule has 0 radical (unpaired) electrons. The van der Waals surface area contributed by atoms with E-state index >= 15 is 0 Å². The number of esters is 1. The van der Waals surface area contributed by atoms with Gasteiger partial charge in [0, 0.05) is 28.0 Å². The van der Waals surface area contributed by atoms with E-state index in [0.29, 0.717) is 16.9 Å². The zero-order chi connectivity index (χ0) is 20.4. The van der Waals surface area contributed by atoms with Gasteiger partial charge in [0.05, 0.1) is 23.9 Å². The number of fused-ring (bicyclic) bond motifs is 1. The maximum Gasteiger partial charge on any atom is 0.340 e. The molecule has 1 heterocycles.